The summed E-state index contributed by atoms with van der Waals surface area (Å²) in [5.41, 5.74) is -0.506. The number of nitrogens with zero attached hydrogens (tertiary/aromatic N) is 1. The largest absolute Gasteiger partial charge is 0.481 e. The van der Waals surface area contributed by atoms with E-state index in [2.05, 4.69) is 10.3 Å². The zero-order valence-electron chi connectivity index (χ0n) is 8.92. The number of carboxylic acid groups (broad SMARTS) is 1. The van der Waals surface area contributed by atoms with Crippen molar-refractivity contribution in [2.75, 3.05) is 5.75 Å². The summed E-state index contributed by atoms with van der Waals surface area (Å²) >= 11 is 1.29. The minimum Gasteiger partial charge on any atom is -0.481 e. The lowest BCUT2D eigenvalue weighted by molar-refractivity contribution is -0.133. The smallest absolute Gasteiger partial charge is 0.313 e. The first-order valence-corrected chi connectivity index (χ1v) is 5.46. The average Bonchev–Trinajstić information content (AvgIpc) is 2.14. The van der Waals surface area contributed by atoms with Gasteiger partial charge in [-0.1, -0.05) is 11.8 Å². The van der Waals surface area contributed by atoms with Crippen molar-refractivity contribution in [3.8, 4) is 0 Å². The maximum atomic E-state index is 10.4. The number of carboxylic acids is 1. The number of thioether (sulfide) groups is 1. The van der Waals surface area contributed by atoms with E-state index in [4.69, 9.17) is 5.11 Å². The molecule has 1 heterocycles. The third kappa shape index (κ3) is 2.72. The number of aliphatic carboxylic acids is 1. The van der Waals surface area contributed by atoms with Crippen molar-refractivity contribution in [1.82, 2.24) is 5.32 Å². The Morgan fingerprint density at radius 3 is 2.43 bits per heavy atom. The summed E-state index contributed by atoms with van der Waals surface area (Å²) in [6, 6.07) is 0. The van der Waals surface area contributed by atoms with Gasteiger partial charge in [-0.3, -0.25) is 15.1 Å². The minimum absolute atomic E-state index is 0.0695. The third-order valence-corrected chi connectivity index (χ3v) is 3.13. The van der Waals surface area contributed by atoms with E-state index in [0.717, 1.165) is 5.04 Å². The molecule has 0 fully saturated rings. The van der Waals surface area contributed by atoms with Gasteiger partial charge >= 0.3 is 5.97 Å². The van der Waals surface area contributed by atoms with Crippen molar-refractivity contribution >= 4 is 22.8 Å². The molecule has 80 valence electrons. The number of hydrogen-bond donors (Lipinski definition) is 2. The first kappa shape index (κ1) is 11.5. The Morgan fingerprint density at radius 1 is 1.50 bits per heavy atom. The highest BCUT2D eigenvalue weighted by Gasteiger charge is 2.38. The van der Waals surface area contributed by atoms with Gasteiger partial charge in [-0.05, 0) is 27.7 Å². The number of aliphatic imine (C=N–C) groups is 1. The summed E-state index contributed by atoms with van der Waals surface area (Å²) in [4.78, 5) is 14.9. The summed E-state index contributed by atoms with van der Waals surface area (Å²) in [5.74, 6) is -0.738. The number of nitrogens with one attached hydrogen (secondary N) is 1. The van der Waals surface area contributed by atoms with Gasteiger partial charge in [0.2, 0.25) is 0 Å². The van der Waals surface area contributed by atoms with Crippen LogP contribution >= 0.6 is 11.8 Å². The van der Waals surface area contributed by atoms with Crippen molar-refractivity contribution in [2.24, 2.45) is 4.99 Å². The van der Waals surface area contributed by atoms with Crippen molar-refractivity contribution in [3.63, 3.8) is 0 Å². The average molecular weight is 216 g/mol. The predicted molar refractivity (Wildman–Crippen MR) is 58.8 cm³/mol. The molecule has 2 N–H and O–H groups in total. The first-order chi connectivity index (χ1) is 6.23. The molecular formula is C9H16N2O2S. The molecule has 0 aliphatic carbocycles. The van der Waals surface area contributed by atoms with E-state index in [1.165, 1.54) is 11.8 Å². The zero-order valence-corrected chi connectivity index (χ0v) is 9.73. The maximum absolute atomic E-state index is 10.4. The molecule has 0 radical (unpaired) electrons. The van der Waals surface area contributed by atoms with Crippen LogP contribution in [0.25, 0.3) is 0 Å². The van der Waals surface area contributed by atoms with Gasteiger partial charge in [-0.25, -0.2) is 0 Å². The van der Waals surface area contributed by atoms with Crippen LogP contribution in [0.3, 0.4) is 0 Å². The molecular weight excluding hydrogens is 200 g/mol. The monoisotopic (exact) mass is 216 g/mol. The molecule has 0 aromatic rings. The van der Waals surface area contributed by atoms with Gasteiger partial charge in [-0.15, -0.1) is 0 Å². The van der Waals surface area contributed by atoms with E-state index in [1.807, 2.05) is 27.7 Å². The number of rotatable bonds is 2. The van der Waals surface area contributed by atoms with Crippen molar-refractivity contribution in [1.29, 1.82) is 0 Å². The van der Waals surface area contributed by atoms with Crippen LogP contribution in [-0.4, -0.2) is 33.1 Å². The van der Waals surface area contributed by atoms with Crippen LogP contribution in [0.5, 0.6) is 0 Å². The Bertz CT molecular complexity index is 285. The Kier molecular flexibility index (Phi) is 2.92. The number of carbonyl (C=O) groups is 1. The SMILES string of the molecule is CC1(C)N=C(SCC(=O)O)C(C)(C)N1. The molecule has 4 nitrogen and oxygen atoms in total. The van der Waals surface area contributed by atoms with E-state index >= 15 is 0 Å². The molecule has 1 aliphatic rings. The summed E-state index contributed by atoms with van der Waals surface area (Å²) in [5, 5.41) is 12.8. The highest BCUT2D eigenvalue weighted by Crippen LogP contribution is 2.28. The second-order valence-electron chi connectivity index (χ2n) is 4.41. The van der Waals surface area contributed by atoms with Crippen molar-refractivity contribution < 1.29 is 9.90 Å². The van der Waals surface area contributed by atoms with E-state index in [9.17, 15) is 4.79 Å². The van der Waals surface area contributed by atoms with Gasteiger partial charge < -0.3 is 5.11 Å². The highest BCUT2D eigenvalue weighted by atomic mass is 32.2. The molecule has 0 amide bonds. The van der Waals surface area contributed by atoms with E-state index in [1.54, 1.807) is 0 Å². The molecule has 0 atom stereocenters. The summed E-state index contributed by atoms with van der Waals surface area (Å²) in [6.45, 7) is 7.97. The van der Waals surface area contributed by atoms with E-state index < -0.39 is 5.97 Å². The van der Waals surface area contributed by atoms with Gasteiger partial charge in [-0.2, -0.15) is 0 Å². The Balaban J connectivity index is 2.71. The predicted octanol–water partition coefficient (Wildman–Crippen LogP) is 1.32. The maximum Gasteiger partial charge on any atom is 0.313 e. The fourth-order valence-electron chi connectivity index (χ4n) is 1.58. The second kappa shape index (κ2) is 3.55. The Morgan fingerprint density at radius 2 is 2.07 bits per heavy atom. The second-order valence-corrected chi connectivity index (χ2v) is 5.37. The summed E-state index contributed by atoms with van der Waals surface area (Å²) < 4.78 is 0. The summed E-state index contributed by atoms with van der Waals surface area (Å²) in [7, 11) is 0. The molecule has 0 aromatic carbocycles. The van der Waals surface area contributed by atoms with Crippen LogP contribution < -0.4 is 5.32 Å². The van der Waals surface area contributed by atoms with Gasteiger partial charge in [0.05, 0.1) is 16.3 Å². The minimum atomic E-state index is -0.807. The Labute approximate surface area is 88.2 Å². The standard InChI is InChI=1S/C9H16N2O2S/c1-8(2)7(14-5-6(12)13)10-9(3,4)11-8/h11H,5H2,1-4H3,(H,12,13). The van der Waals surface area contributed by atoms with Crippen LogP contribution in [0.4, 0.5) is 0 Å². The zero-order chi connectivity index (χ0) is 11.0. The van der Waals surface area contributed by atoms with Crippen LogP contribution in [0.1, 0.15) is 27.7 Å². The van der Waals surface area contributed by atoms with E-state index in [0.29, 0.717) is 0 Å². The molecule has 0 unspecified atom stereocenters. The molecule has 0 spiro atoms. The first-order valence-electron chi connectivity index (χ1n) is 4.47. The van der Waals surface area contributed by atoms with Crippen molar-refractivity contribution in [2.45, 2.75) is 38.9 Å². The molecule has 0 aromatic heterocycles. The molecule has 5 heteroatoms. The van der Waals surface area contributed by atoms with Crippen LogP contribution in [-0.2, 0) is 4.79 Å². The van der Waals surface area contributed by atoms with Gasteiger partial charge in [0.25, 0.3) is 0 Å². The molecule has 0 saturated carbocycles. The van der Waals surface area contributed by atoms with Crippen LogP contribution in [0.15, 0.2) is 4.99 Å². The lowest BCUT2D eigenvalue weighted by atomic mass is 10.1. The topological polar surface area (TPSA) is 61.7 Å². The number of hydrogen-bond acceptors (Lipinski definition) is 4. The van der Waals surface area contributed by atoms with Gasteiger partial charge in [0, 0.05) is 0 Å². The van der Waals surface area contributed by atoms with Crippen LogP contribution in [0.2, 0.25) is 0 Å². The highest BCUT2D eigenvalue weighted by molar-refractivity contribution is 8.14. The molecule has 14 heavy (non-hydrogen) atoms. The quantitative estimate of drug-likeness (QED) is 0.731. The van der Waals surface area contributed by atoms with E-state index in [-0.39, 0.29) is 17.0 Å². The molecule has 1 rings (SSSR count). The Hall–Kier alpha value is -0.550. The summed E-state index contributed by atoms with van der Waals surface area (Å²) in [6.07, 6.45) is 0. The fourth-order valence-corrected chi connectivity index (χ4v) is 2.55. The van der Waals surface area contributed by atoms with Crippen molar-refractivity contribution in [3.05, 3.63) is 0 Å². The van der Waals surface area contributed by atoms with Crippen LogP contribution in [0, 0.1) is 0 Å². The van der Waals surface area contributed by atoms with Gasteiger partial charge in [0.15, 0.2) is 0 Å². The molecule has 0 saturated heterocycles. The fraction of sp³-hybridized carbons (Fsp3) is 0.778. The normalized spacial score (nSPS) is 23.3. The van der Waals surface area contributed by atoms with Gasteiger partial charge in [0.1, 0.15) is 5.66 Å². The lowest BCUT2D eigenvalue weighted by Gasteiger charge is -2.24. The molecule has 0 bridgehead atoms. The third-order valence-electron chi connectivity index (χ3n) is 1.87. The molecule has 1 aliphatic heterocycles. The lowest BCUT2D eigenvalue weighted by Crippen LogP contribution is -2.47.